The van der Waals surface area contributed by atoms with Crippen LogP contribution in [0, 0.1) is 0 Å². The molecule has 1 atom stereocenters. The molecule has 0 spiro atoms. The Kier molecular flexibility index (Phi) is 6.40. The van der Waals surface area contributed by atoms with Crippen molar-refractivity contribution in [1.29, 1.82) is 0 Å². The predicted molar refractivity (Wildman–Crippen MR) is 118 cm³/mol. The molecule has 2 heterocycles. The van der Waals surface area contributed by atoms with Gasteiger partial charge in [0.1, 0.15) is 5.01 Å². The minimum absolute atomic E-state index is 0.112. The summed E-state index contributed by atoms with van der Waals surface area (Å²) < 4.78 is 0. The van der Waals surface area contributed by atoms with E-state index in [0.29, 0.717) is 35.1 Å². The molecule has 6 nitrogen and oxygen atoms in total. The Hall–Kier alpha value is -2.77. The van der Waals surface area contributed by atoms with Gasteiger partial charge in [-0.05, 0) is 43.0 Å². The smallest absolute Gasteiger partial charge is 0.286 e. The van der Waals surface area contributed by atoms with Crippen LogP contribution in [0.2, 0.25) is 5.02 Å². The van der Waals surface area contributed by atoms with Crippen LogP contribution < -0.4 is 5.32 Å². The molecule has 1 N–H and O–H groups in total. The lowest BCUT2D eigenvalue weighted by atomic mass is 10.1. The fourth-order valence-electron chi connectivity index (χ4n) is 3.57. The third-order valence-corrected chi connectivity index (χ3v) is 6.30. The molecule has 1 fully saturated rings. The van der Waals surface area contributed by atoms with Crippen molar-refractivity contribution in [2.75, 3.05) is 11.9 Å². The summed E-state index contributed by atoms with van der Waals surface area (Å²) in [6.07, 6.45) is 2.93. The van der Waals surface area contributed by atoms with Gasteiger partial charge >= 0.3 is 0 Å². The fourth-order valence-corrected chi connectivity index (χ4v) is 4.65. The lowest BCUT2D eigenvalue weighted by molar-refractivity contribution is -0.132. The molecule has 8 heteroatoms. The number of aromatic nitrogens is 2. The molecule has 30 heavy (non-hydrogen) atoms. The van der Waals surface area contributed by atoms with Gasteiger partial charge in [-0.1, -0.05) is 59.3 Å². The van der Waals surface area contributed by atoms with Crippen LogP contribution in [-0.2, 0) is 11.2 Å². The highest BCUT2D eigenvalue weighted by atomic mass is 35.5. The highest BCUT2D eigenvalue weighted by molar-refractivity contribution is 7.13. The summed E-state index contributed by atoms with van der Waals surface area (Å²) in [5.74, 6) is -0.220. The molecule has 2 amide bonds. The molecule has 4 rings (SSSR count). The first-order valence-electron chi connectivity index (χ1n) is 9.84. The number of hydrogen-bond acceptors (Lipinski definition) is 5. The van der Waals surface area contributed by atoms with Crippen molar-refractivity contribution in [1.82, 2.24) is 15.1 Å². The number of aryl methyl sites for hydroxylation is 1. The highest BCUT2D eigenvalue weighted by Gasteiger charge is 2.32. The highest BCUT2D eigenvalue weighted by Crippen LogP contribution is 2.34. The number of halogens is 1. The van der Waals surface area contributed by atoms with E-state index >= 15 is 0 Å². The van der Waals surface area contributed by atoms with Crippen molar-refractivity contribution in [2.24, 2.45) is 0 Å². The van der Waals surface area contributed by atoms with Crippen molar-refractivity contribution >= 4 is 40.4 Å². The summed E-state index contributed by atoms with van der Waals surface area (Å²) in [4.78, 5) is 27.2. The van der Waals surface area contributed by atoms with Crippen molar-refractivity contribution in [3.63, 3.8) is 0 Å². The Morgan fingerprint density at radius 3 is 2.77 bits per heavy atom. The van der Waals surface area contributed by atoms with Gasteiger partial charge in [-0.3, -0.25) is 9.59 Å². The van der Waals surface area contributed by atoms with Gasteiger partial charge in [0.15, 0.2) is 0 Å². The first-order chi connectivity index (χ1) is 14.6. The number of anilines is 1. The zero-order valence-corrected chi connectivity index (χ0v) is 17.8. The van der Waals surface area contributed by atoms with Gasteiger partial charge in [0, 0.05) is 23.7 Å². The second kappa shape index (κ2) is 9.36. The molecular weight excluding hydrogens is 420 g/mol. The number of amides is 2. The number of rotatable bonds is 6. The SMILES string of the molecule is O=C(Nc1cccc(Cl)c1)c1nnc(C2CCCN2C(=O)CCc2ccccc2)s1. The van der Waals surface area contributed by atoms with Crippen LogP contribution in [0.25, 0.3) is 0 Å². The molecule has 1 aliphatic heterocycles. The third-order valence-electron chi connectivity index (χ3n) is 5.05. The maximum absolute atomic E-state index is 12.8. The maximum atomic E-state index is 12.8. The summed E-state index contributed by atoms with van der Waals surface area (Å²) in [6.45, 7) is 0.710. The molecule has 1 aromatic heterocycles. The molecule has 1 saturated heterocycles. The maximum Gasteiger partial charge on any atom is 0.286 e. The number of carbonyl (C=O) groups excluding carboxylic acids is 2. The van der Waals surface area contributed by atoms with Crippen LogP contribution in [0.3, 0.4) is 0 Å². The van der Waals surface area contributed by atoms with E-state index < -0.39 is 0 Å². The largest absolute Gasteiger partial charge is 0.333 e. The number of hydrogen-bond donors (Lipinski definition) is 1. The average molecular weight is 441 g/mol. The van der Waals surface area contributed by atoms with E-state index in [0.717, 1.165) is 18.4 Å². The van der Waals surface area contributed by atoms with Gasteiger partial charge in [-0.2, -0.15) is 0 Å². The van der Waals surface area contributed by atoms with Gasteiger partial charge in [0.2, 0.25) is 10.9 Å². The number of benzene rings is 2. The monoisotopic (exact) mass is 440 g/mol. The summed E-state index contributed by atoms with van der Waals surface area (Å²) in [5, 5.41) is 12.6. The zero-order valence-electron chi connectivity index (χ0n) is 16.3. The number of nitrogens with one attached hydrogen (secondary N) is 1. The van der Waals surface area contributed by atoms with Crippen LogP contribution in [0.4, 0.5) is 5.69 Å². The third kappa shape index (κ3) is 4.86. The quantitative estimate of drug-likeness (QED) is 0.600. The van der Waals surface area contributed by atoms with Gasteiger partial charge in [0.25, 0.3) is 5.91 Å². The lowest BCUT2D eigenvalue weighted by Gasteiger charge is -2.22. The van der Waals surface area contributed by atoms with Crippen molar-refractivity contribution in [2.45, 2.75) is 31.7 Å². The second-order valence-corrected chi connectivity index (χ2v) is 8.59. The van der Waals surface area contributed by atoms with E-state index in [9.17, 15) is 9.59 Å². The van der Waals surface area contributed by atoms with Crippen LogP contribution in [-0.4, -0.2) is 33.5 Å². The van der Waals surface area contributed by atoms with Gasteiger partial charge in [-0.15, -0.1) is 10.2 Å². The minimum Gasteiger partial charge on any atom is -0.333 e. The first-order valence-corrected chi connectivity index (χ1v) is 11.0. The Morgan fingerprint density at radius 1 is 1.13 bits per heavy atom. The molecule has 3 aromatic rings. The van der Waals surface area contributed by atoms with E-state index in [4.69, 9.17) is 11.6 Å². The molecular formula is C22H21ClN4O2S. The molecule has 2 aromatic carbocycles. The fraction of sp³-hybridized carbons (Fsp3) is 0.273. The standard InChI is InChI=1S/C22H21ClN4O2S/c23-16-8-4-9-17(14-16)24-20(29)22-26-25-21(30-22)18-10-5-13-27(18)19(28)12-11-15-6-2-1-3-7-15/h1-4,6-9,14,18H,5,10-13H2,(H,24,29). The molecule has 154 valence electrons. The van der Waals surface area contributed by atoms with E-state index in [1.807, 2.05) is 35.2 Å². The Bertz CT molecular complexity index is 1040. The summed E-state index contributed by atoms with van der Waals surface area (Å²) in [5.41, 5.74) is 1.75. The number of nitrogens with zero attached hydrogens (tertiary/aromatic N) is 3. The van der Waals surface area contributed by atoms with Crippen molar-refractivity contribution < 1.29 is 9.59 Å². The Balaban J connectivity index is 1.40. The Labute approximate surface area is 183 Å². The number of carbonyl (C=O) groups is 2. The normalized spacial score (nSPS) is 15.9. The van der Waals surface area contributed by atoms with E-state index in [1.54, 1.807) is 24.3 Å². The zero-order chi connectivity index (χ0) is 20.9. The van der Waals surface area contributed by atoms with E-state index in [1.165, 1.54) is 11.3 Å². The minimum atomic E-state index is -0.332. The predicted octanol–water partition coefficient (Wildman–Crippen LogP) is 4.74. The lowest BCUT2D eigenvalue weighted by Crippen LogP contribution is -2.30. The topological polar surface area (TPSA) is 75.2 Å². The first kappa shape index (κ1) is 20.5. The van der Waals surface area contributed by atoms with Crippen LogP contribution in [0.15, 0.2) is 54.6 Å². The molecule has 1 unspecified atom stereocenters. The van der Waals surface area contributed by atoms with Crippen molar-refractivity contribution in [3.8, 4) is 0 Å². The summed E-state index contributed by atoms with van der Waals surface area (Å²) in [6, 6.07) is 16.8. The summed E-state index contributed by atoms with van der Waals surface area (Å²) >= 11 is 7.20. The van der Waals surface area contributed by atoms with Crippen LogP contribution >= 0.6 is 22.9 Å². The molecule has 0 bridgehead atoms. The molecule has 0 radical (unpaired) electrons. The molecule has 0 saturated carbocycles. The van der Waals surface area contributed by atoms with Crippen LogP contribution in [0.1, 0.15) is 45.7 Å². The Morgan fingerprint density at radius 2 is 1.97 bits per heavy atom. The van der Waals surface area contributed by atoms with Gasteiger partial charge in [0.05, 0.1) is 6.04 Å². The van der Waals surface area contributed by atoms with Gasteiger partial charge < -0.3 is 10.2 Å². The average Bonchev–Trinajstić information content (AvgIpc) is 3.42. The van der Waals surface area contributed by atoms with E-state index in [2.05, 4.69) is 15.5 Å². The second-order valence-electron chi connectivity index (χ2n) is 7.14. The number of likely N-dealkylation sites (tertiary alicyclic amines) is 1. The molecule has 1 aliphatic rings. The van der Waals surface area contributed by atoms with Crippen molar-refractivity contribution in [3.05, 3.63) is 75.2 Å². The molecule has 0 aliphatic carbocycles. The van der Waals surface area contributed by atoms with E-state index in [-0.39, 0.29) is 22.9 Å². The summed E-state index contributed by atoms with van der Waals surface area (Å²) in [7, 11) is 0. The van der Waals surface area contributed by atoms with Crippen LogP contribution in [0.5, 0.6) is 0 Å². The van der Waals surface area contributed by atoms with Gasteiger partial charge in [-0.25, -0.2) is 0 Å².